The average Bonchev–Trinajstić information content (AvgIpc) is 2.06. The third kappa shape index (κ3) is 9.55. The van der Waals surface area contributed by atoms with Crippen LogP contribution in [0, 0.1) is 5.41 Å². The predicted molar refractivity (Wildman–Crippen MR) is 96.6 cm³/mol. The fourth-order valence-corrected chi connectivity index (χ4v) is 4.24. The lowest BCUT2D eigenvalue weighted by molar-refractivity contribution is -0.305. The molecular formula is C16H34O4Si2. The fraction of sp³-hybridized carbons (Fsp3) is 0.812. The highest BCUT2D eigenvalue weighted by molar-refractivity contribution is 6.71. The molecule has 0 aliphatic heterocycles. The summed E-state index contributed by atoms with van der Waals surface area (Å²) < 4.78 is 18.2. The van der Waals surface area contributed by atoms with E-state index in [9.17, 15) is 4.79 Å². The summed E-state index contributed by atoms with van der Waals surface area (Å²) in [7, 11) is -4.01. The van der Waals surface area contributed by atoms with Gasteiger partial charge in [0.15, 0.2) is 16.6 Å². The van der Waals surface area contributed by atoms with Crippen molar-refractivity contribution in [3.63, 3.8) is 0 Å². The van der Waals surface area contributed by atoms with Crippen molar-refractivity contribution in [1.82, 2.24) is 0 Å². The van der Waals surface area contributed by atoms with Crippen LogP contribution in [0.5, 0.6) is 0 Å². The maximum atomic E-state index is 12.2. The van der Waals surface area contributed by atoms with Crippen LogP contribution in [0.4, 0.5) is 0 Å². The second-order valence-corrected chi connectivity index (χ2v) is 17.9. The van der Waals surface area contributed by atoms with Crippen molar-refractivity contribution < 1.29 is 18.4 Å². The number of esters is 1. The summed E-state index contributed by atoms with van der Waals surface area (Å²) in [5.74, 6) is -1.80. The van der Waals surface area contributed by atoms with E-state index >= 15 is 0 Å². The highest BCUT2D eigenvalue weighted by atomic mass is 28.4. The normalized spacial score (nSPS) is 13.9. The van der Waals surface area contributed by atoms with E-state index in [1.165, 1.54) is 0 Å². The molecule has 0 aromatic carbocycles. The number of carbonyl (C=O) groups is 1. The molecular weight excluding hydrogens is 312 g/mol. The predicted octanol–water partition coefficient (Wildman–Crippen LogP) is 4.90. The molecule has 0 spiro atoms. The number of hydrogen-bond donors (Lipinski definition) is 0. The van der Waals surface area contributed by atoms with Crippen molar-refractivity contribution in [2.45, 2.75) is 79.4 Å². The summed E-state index contributed by atoms with van der Waals surface area (Å²) in [5, 5.41) is 0. The van der Waals surface area contributed by atoms with Gasteiger partial charge < -0.3 is 13.6 Å². The first-order chi connectivity index (χ1) is 9.45. The van der Waals surface area contributed by atoms with Gasteiger partial charge in [0.25, 0.3) is 0 Å². The van der Waals surface area contributed by atoms with E-state index in [4.69, 9.17) is 13.6 Å². The number of ether oxygens (including phenoxy) is 1. The van der Waals surface area contributed by atoms with Gasteiger partial charge in [-0.1, -0.05) is 27.4 Å². The molecule has 4 nitrogen and oxygen atoms in total. The van der Waals surface area contributed by atoms with Gasteiger partial charge in [-0.3, -0.25) is 0 Å². The van der Waals surface area contributed by atoms with E-state index in [1.807, 2.05) is 0 Å². The monoisotopic (exact) mass is 346 g/mol. The van der Waals surface area contributed by atoms with Crippen molar-refractivity contribution in [2.75, 3.05) is 0 Å². The topological polar surface area (TPSA) is 44.8 Å². The van der Waals surface area contributed by atoms with Gasteiger partial charge in [-0.05, 0) is 51.6 Å². The highest BCUT2D eigenvalue weighted by Crippen LogP contribution is 2.37. The fourth-order valence-electron chi connectivity index (χ4n) is 1.98. The molecule has 0 atom stereocenters. The Morgan fingerprint density at radius 3 is 1.55 bits per heavy atom. The summed E-state index contributed by atoms with van der Waals surface area (Å²) in [4.78, 5) is 12.2. The standard InChI is InChI=1S/C16H34O4Si2/c1-13(2)14(17)18-16(12-15(3,4)5,19-21(6,7)8)20-22(9,10)11/h1,12H2,2-11H3. The molecule has 0 aromatic rings. The Kier molecular flexibility index (Phi) is 6.85. The van der Waals surface area contributed by atoms with Crippen molar-refractivity contribution in [3.05, 3.63) is 12.2 Å². The van der Waals surface area contributed by atoms with Gasteiger partial charge in [0.05, 0.1) is 0 Å². The molecule has 0 N–H and O–H groups in total. The van der Waals surface area contributed by atoms with Crippen LogP contribution in [0.1, 0.15) is 34.1 Å². The molecule has 0 aromatic heterocycles. The SMILES string of the molecule is C=C(C)C(=O)OC(CC(C)(C)C)(O[Si](C)(C)C)O[Si](C)(C)C. The van der Waals surface area contributed by atoms with Crippen LogP contribution in [0.2, 0.25) is 39.3 Å². The zero-order valence-corrected chi connectivity index (χ0v) is 18.0. The average molecular weight is 347 g/mol. The van der Waals surface area contributed by atoms with Crippen molar-refractivity contribution in [1.29, 1.82) is 0 Å². The summed E-state index contributed by atoms with van der Waals surface area (Å²) >= 11 is 0. The molecule has 0 fully saturated rings. The molecule has 0 saturated heterocycles. The minimum atomic E-state index is -2.00. The zero-order chi connectivity index (χ0) is 18.0. The third-order valence-corrected chi connectivity index (χ3v) is 4.11. The third-order valence-electron chi connectivity index (χ3n) is 2.27. The van der Waals surface area contributed by atoms with Gasteiger partial charge in [-0.25, -0.2) is 4.79 Å². The highest BCUT2D eigenvalue weighted by Gasteiger charge is 2.47. The van der Waals surface area contributed by atoms with Crippen LogP contribution < -0.4 is 0 Å². The van der Waals surface area contributed by atoms with Gasteiger partial charge in [0.2, 0.25) is 0 Å². The van der Waals surface area contributed by atoms with Crippen molar-refractivity contribution >= 4 is 22.6 Å². The lowest BCUT2D eigenvalue weighted by Gasteiger charge is -2.44. The Morgan fingerprint density at radius 2 is 1.32 bits per heavy atom. The van der Waals surface area contributed by atoms with E-state index in [2.05, 4.69) is 66.6 Å². The smallest absolute Gasteiger partial charge is 0.337 e. The maximum absolute atomic E-state index is 12.2. The summed E-state index contributed by atoms with van der Waals surface area (Å²) in [6, 6.07) is 0. The van der Waals surface area contributed by atoms with Gasteiger partial charge in [0.1, 0.15) is 0 Å². The van der Waals surface area contributed by atoms with Crippen LogP contribution >= 0.6 is 0 Å². The van der Waals surface area contributed by atoms with E-state index in [0.717, 1.165) is 0 Å². The van der Waals surface area contributed by atoms with Gasteiger partial charge in [-0.15, -0.1) is 0 Å². The molecule has 130 valence electrons. The van der Waals surface area contributed by atoms with E-state index in [-0.39, 0.29) is 5.41 Å². The first-order valence-electron chi connectivity index (χ1n) is 7.74. The molecule has 0 heterocycles. The molecule has 0 rings (SSSR count). The molecule has 0 unspecified atom stereocenters. The van der Waals surface area contributed by atoms with Crippen LogP contribution in [0.15, 0.2) is 12.2 Å². The summed E-state index contributed by atoms with van der Waals surface area (Å²) in [6.07, 6.45) is 0.480. The van der Waals surface area contributed by atoms with Crippen LogP contribution in [0.3, 0.4) is 0 Å². The van der Waals surface area contributed by atoms with E-state index < -0.39 is 28.6 Å². The Balaban J connectivity index is 5.78. The first-order valence-corrected chi connectivity index (χ1v) is 14.6. The quantitative estimate of drug-likeness (QED) is 0.285. The number of rotatable bonds is 7. The number of carbonyl (C=O) groups excluding carboxylic acids is 1. The summed E-state index contributed by atoms with van der Waals surface area (Å²) in [5.41, 5.74) is 0.228. The molecule has 0 aliphatic rings. The first kappa shape index (κ1) is 21.6. The molecule has 0 bridgehead atoms. The lowest BCUT2D eigenvalue weighted by atomic mass is 9.91. The Morgan fingerprint density at radius 1 is 0.955 bits per heavy atom. The summed E-state index contributed by atoms with van der Waals surface area (Å²) in [6.45, 7) is 23.9. The molecule has 0 amide bonds. The van der Waals surface area contributed by atoms with Crippen LogP contribution in [-0.2, 0) is 18.4 Å². The maximum Gasteiger partial charge on any atom is 0.337 e. The van der Waals surface area contributed by atoms with Gasteiger partial charge in [-0.2, -0.15) is 0 Å². The minimum Gasteiger partial charge on any atom is -0.406 e. The largest absolute Gasteiger partial charge is 0.406 e. The minimum absolute atomic E-state index is 0.116. The Labute approximate surface area is 138 Å². The lowest BCUT2D eigenvalue weighted by Crippen LogP contribution is -2.54. The molecule has 0 aliphatic carbocycles. The molecule has 6 heteroatoms. The van der Waals surface area contributed by atoms with Gasteiger partial charge >= 0.3 is 11.9 Å². The molecule has 0 saturated carbocycles. The van der Waals surface area contributed by atoms with Crippen LogP contribution in [-0.4, -0.2) is 28.6 Å². The Bertz CT molecular complexity index is 371. The zero-order valence-electron chi connectivity index (χ0n) is 16.0. The second kappa shape index (κ2) is 6.99. The van der Waals surface area contributed by atoms with Crippen LogP contribution in [0.25, 0.3) is 0 Å². The second-order valence-electron chi connectivity index (χ2n) is 9.02. The van der Waals surface area contributed by atoms with E-state index in [0.29, 0.717) is 12.0 Å². The molecule has 22 heavy (non-hydrogen) atoms. The molecule has 0 radical (unpaired) electrons. The number of hydrogen-bond acceptors (Lipinski definition) is 4. The van der Waals surface area contributed by atoms with Crippen molar-refractivity contribution in [3.8, 4) is 0 Å². The van der Waals surface area contributed by atoms with Gasteiger partial charge in [0, 0.05) is 12.0 Å². The Hall–Kier alpha value is -0.436. The van der Waals surface area contributed by atoms with E-state index in [1.54, 1.807) is 6.92 Å². The van der Waals surface area contributed by atoms with Crippen molar-refractivity contribution in [2.24, 2.45) is 5.41 Å².